The van der Waals surface area contributed by atoms with E-state index >= 15 is 0 Å². The van der Waals surface area contributed by atoms with Gasteiger partial charge in [-0.15, -0.1) is 11.3 Å². The number of nitrogens with one attached hydrogen (secondary N) is 1. The fourth-order valence-electron chi connectivity index (χ4n) is 1.72. The van der Waals surface area contributed by atoms with Crippen LogP contribution in [0, 0.1) is 0 Å². The number of carboxylic acid groups (broad SMARTS) is 1. The van der Waals surface area contributed by atoms with Gasteiger partial charge in [0.05, 0.1) is 11.3 Å². The maximum Gasteiger partial charge on any atom is 0.337 e. The third kappa shape index (κ3) is 3.34. The van der Waals surface area contributed by atoms with Crippen molar-refractivity contribution >= 4 is 38.7 Å². The Labute approximate surface area is 126 Å². The van der Waals surface area contributed by atoms with Gasteiger partial charge in [-0.05, 0) is 36.8 Å². The molecule has 0 saturated heterocycles. The van der Waals surface area contributed by atoms with Gasteiger partial charge in [-0.2, -0.15) is 0 Å². The highest BCUT2D eigenvalue weighted by molar-refractivity contribution is 7.94. The summed E-state index contributed by atoms with van der Waals surface area (Å²) in [6, 6.07) is 7.19. The lowest BCUT2D eigenvalue weighted by Gasteiger charge is -2.10. The molecule has 112 valence electrons. The molecule has 8 heteroatoms. The summed E-state index contributed by atoms with van der Waals surface area (Å²) >= 11 is 1.15. The minimum atomic E-state index is -3.83. The van der Waals surface area contributed by atoms with E-state index in [9.17, 15) is 13.2 Å². The van der Waals surface area contributed by atoms with E-state index < -0.39 is 16.0 Å². The first kappa shape index (κ1) is 15.3. The Morgan fingerprint density at radius 2 is 2.05 bits per heavy atom. The maximum atomic E-state index is 12.3. The second kappa shape index (κ2) is 5.74. The van der Waals surface area contributed by atoms with Gasteiger partial charge in [-0.25, -0.2) is 13.2 Å². The topological polar surface area (TPSA) is 109 Å². The molecule has 0 aliphatic rings. The standard InChI is InChI=1S/C13H14N2O4S2/c1-2-9-4-6-12(20-9)21(18,19)15-11-7-8(14)3-5-10(11)13(16)17/h3-7,15H,2,14H2,1H3,(H,16,17). The van der Waals surface area contributed by atoms with Crippen molar-refractivity contribution in [2.45, 2.75) is 17.6 Å². The summed E-state index contributed by atoms with van der Waals surface area (Å²) < 4.78 is 27.0. The van der Waals surface area contributed by atoms with E-state index in [0.29, 0.717) is 0 Å². The van der Waals surface area contributed by atoms with E-state index in [1.807, 2.05) is 6.92 Å². The Bertz CT molecular complexity index is 781. The largest absolute Gasteiger partial charge is 0.478 e. The predicted molar refractivity (Wildman–Crippen MR) is 82.3 cm³/mol. The molecule has 0 atom stereocenters. The van der Waals surface area contributed by atoms with Crippen LogP contribution in [0.5, 0.6) is 0 Å². The lowest BCUT2D eigenvalue weighted by Crippen LogP contribution is -2.14. The SMILES string of the molecule is CCc1ccc(S(=O)(=O)Nc2cc(N)ccc2C(=O)O)s1. The molecule has 1 heterocycles. The van der Waals surface area contributed by atoms with Gasteiger partial charge >= 0.3 is 5.97 Å². The second-order valence-electron chi connectivity index (χ2n) is 4.29. The molecule has 0 amide bonds. The predicted octanol–water partition coefficient (Wildman–Crippen LogP) is 2.39. The van der Waals surface area contributed by atoms with Crippen LogP contribution in [0.15, 0.2) is 34.5 Å². The Balaban J connectivity index is 2.41. The molecule has 0 saturated carbocycles. The molecule has 0 aliphatic carbocycles. The van der Waals surface area contributed by atoms with Crippen LogP contribution in [0.1, 0.15) is 22.2 Å². The van der Waals surface area contributed by atoms with E-state index in [1.165, 1.54) is 24.3 Å². The van der Waals surface area contributed by atoms with Crippen LogP contribution >= 0.6 is 11.3 Å². The number of nitrogens with two attached hydrogens (primary N) is 1. The molecule has 0 radical (unpaired) electrons. The van der Waals surface area contributed by atoms with E-state index in [4.69, 9.17) is 10.8 Å². The first-order valence-corrected chi connectivity index (χ1v) is 8.38. The third-order valence-electron chi connectivity index (χ3n) is 2.77. The highest BCUT2D eigenvalue weighted by atomic mass is 32.2. The molecule has 21 heavy (non-hydrogen) atoms. The molecular weight excluding hydrogens is 312 g/mol. The van der Waals surface area contributed by atoms with Crippen molar-refractivity contribution in [1.82, 2.24) is 0 Å². The van der Waals surface area contributed by atoms with Crippen LogP contribution in [0.25, 0.3) is 0 Å². The minimum absolute atomic E-state index is 0.0473. The van der Waals surface area contributed by atoms with Gasteiger partial charge in [0.15, 0.2) is 0 Å². The van der Waals surface area contributed by atoms with Crippen LogP contribution in [0.3, 0.4) is 0 Å². The molecule has 0 bridgehead atoms. The molecule has 0 fully saturated rings. The molecule has 2 rings (SSSR count). The first-order chi connectivity index (χ1) is 9.83. The Morgan fingerprint density at radius 1 is 1.33 bits per heavy atom. The Kier molecular flexibility index (Phi) is 4.19. The maximum absolute atomic E-state index is 12.3. The molecule has 1 aromatic carbocycles. The van der Waals surface area contributed by atoms with Crippen molar-refractivity contribution < 1.29 is 18.3 Å². The number of benzene rings is 1. The van der Waals surface area contributed by atoms with E-state index in [0.717, 1.165) is 22.6 Å². The lowest BCUT2D eigenvalue weighted by atomic mass is 10.1. The highest BCUT2D eigenvalue weighted by Crippen LogP contribution is 2.27. The molecule has 0 spiro atoms. The number of sulfonamides is 1. The van der Waals surface area contributed by atoms with Crippen LogP contribution in [0.2, 0.25) is 0 Å². The van der Waals surface area contributed by atoms with Crippen molar-refractivity contribution in [2.24, 2.45) is 0 Å². The summed E-state index contributed by atoms with van der Waals surface area (Å²) in [6.45, 7) is 1.93. The normalized spacial score (nSPS) is 11.3. The van der Waals surface area contributed by atoms with Crippen LogP contribution in [-0.2, 0) is 16.4 Å². The average Bonchev–Trinajstić information content (AvgIpc) is 2.87. The quantitative estimate of drug-likeness (QED) is 0.731. The molecule has 4 N–H and O–H groups in total. The number of thiophene rings is 1. The number of hydrogen-bond acceptors (Lipinski definition) is 5. The minimum Gasteiger partial charge on any atom is -0.478 e. The number of anilines is 2. The highest BCUT2D eigenvalue weighted by Gasteiger charge is 2.20. The fourth-order valence-corrected chi connectivity index (χ4v) is 4.09. The number of carbonyl (C=O) groups is 1. The number of hydrogen-bond donors (Lipinski definition) is 3. The molecule has 6 nitrogen and oxygen atoms in total. The first-order valence-electron chi connectivity index (χ1n) is 6.08. The van der Waals surface area contributed by atoms with Gasteiger partial charge < -0.3 is 10.8 Å². The number of nitrogen functional groups attached to an aromatic ring is 1. The Hall–Kier alpha value is -2.06. The zero-order chi connectivity index (χ0) is 15.6. The number of carboxylic acids is 1. The van der Waals surface area contributed by atoms with E-state index in [2.05, 4.69) is 4.72 Å². The summed E-state index contributed by atoms with van der Waals surface area (Å²) in [7, 11) is -3.83. The number of aromatic carboxylic acids is 1. The van der Waals surface area contributed by atoms with Gasteiger partial charge in [0.1, 0.15) is 4.21 Å². The van der Waals surface area contributed by atoms with Crippen molar-refractivity contribution in [3.63, 3.8) is 0 Å². The fraction of sp³-hybridized carbons (Fsp3) is 0.154. The summed E-state index contributed by atoms with van der Waals surface area (Å²) in [4.78, 5) is 12.1. The lowest BCUT2D eigenvalue weighted by molar-refractivity contribution is 0.0698. The third-order valence-corrected chi connectivity index (χ3v) is 5.86. The van der Waals surface area contributed by atoms with Gasteiger partial charge in [-0.3, -0.25) is 4.72 Å². The van der Waals surface area contributed by atoms with Gasteiger partial charge in [0, 0.05) is 10.6 Å². The van der Waals surface area contributed by atoms with E-state index in [1.54, 1.807) is 6.07 Å². The molecule has 2 aromatic rings. The van der Waals surface area contributed by atoms with Crippen molar-refractivity contribution in [3.05, 3.63) is 40.8 Å². The zero-order valence-electron chi connectivity index (χ0n) is 11.2. The number of aryl methyl sites for hydroxylation is 1. The van der Waals surface area contributed by atoms with E-state index in [-0.39, 0.29) is 21.1 Å². The van der Waals surface area contributed by atoms with Gasteiger partial charge in [0.2, 0.25) is 0 Å². The molecule has 0 aliphatic heterocycles. The van der Waals surface area contributed by atoms with Crippen LogP contribution in [0.4, 0.5) is 11.4 Å². The van der Waals surface area contributed by atoms with Crippen molar-refractivity contribution in [2.75, 3.05) is 10.5 Å². The van der Waals surface area contributed by atoms with Crippen LogP contribution in [-0.4, -0.2) is 19.5 Å². The smallest absolute Gasteiger partial charge is 0.337 e. The van der Waals surface area contributed by atoms with Crippen LogP contribution < -0.4 is 10.5 Å². The molecular formula is C13H14N2O4S2. The van der Waals surface area contributed by atoms with Crippen molar-refractivity contribution in [3.8, 4) is 0 Å². The summed E-state index contributed by atoms with van der Waals surface area (Å²) in [5, 5.41) is 9.09. The van der Waals surface area contributed by atoms with Gasteiger partial charge in [0.25, 0.3) is 10.0 Å². The summed E-state index contributed by atoms with van der Waals surface area (Å²) in [5.74, 6) is -1.23. The zero-order valence-corrected chi connectivity index (χ0v) is 12.8. The Morgan fingerprint density at radius 3 is 2.62 bits per heavy atom. The molecule has 1 aromatic heterocycles. The summed E-state index contributed by atoms with van der Waals surface area (Å²) in [6.07, 6.45) is 0.735. The van der Waals surface area contributed by atoms with Crippen molar-refractivity contribution in [1.29, 1.82) is 0 Å². The average molecular weight is 326 g/mol. The second-order valence-corrected chi connectivity index (χ2v) is 7.37. The molecule has 0 unspecified atom stereocenters. The number of rotatable bonds is 5. The van der Waals surface area contributed by atoms with Gasteiger partial charge in [-0.1, -0.05) is 6.92 Å². The monoisotopic (exact) mass is 326 g/mol. The summed E-state index contributed by atoms with van der Waals surface area (Å²) in [5.41, 5.74) is 5.66.